The van der Waals surface area contributed by atoms with E-state index >= 15 is 0 Å². The summed E-state index contributed by atoms with van der Waals surface area (Å²) in [5.41, 5.74) is -0.638. The molecule has 1 aliphatic rings. The Balaban J connectivity index is 2.55. The first-order valence-electron chi connectivity index (χ1n) is 3.90. The Labute approximate surface area is 71.8 Å². The molecule has 4 heteroatoms. The van der Waals surface area contributed by atoms with Crippen LogP contribution >= 0.6 is 0 Å². The molecule has 0 unspecified atom stereocenters. The standard InChI is InChI=1S/C8H14O4/c1-6-11-4-8(2,5-12-6)7(9)10-3/h6H,4-5H2,1-3H3. The van der Waals surface area contributed by atoms with E-state index in [0.717, 1.165) is 0 Å². The van der Waals surface area contributed by atoms with E-state index in [-0.39, 0.29) is 12.3 Å². The summed E-state index contributed by atoms with van der Waals surface area (Å²) in [5, 5.41) is 0. The van der Waals surface area contributed by atoms with E-state index in [1.807, 2.05) is 0 Å². The van der Waals surface area contributed by atoms with Gasteiger partial charge in [-0.1, -0.05) is 0 Å². The molecule has 0 saturated carbocycles. The van der Waals surface area contributed by atoms with E-state index in [1.54, 1.807) is 13.8 Å². The number of methoxy groups -OCH3 is 1. The van der Waals surface area contributed by atoms with E-state index < -0.39 is 5.41 Å². The lowest BCUT2D eigenvalue weighted by atomic mass is 9.92. The largest absolute Gasteiger partial charge is 0.468 e. The zero-order valence-corrected chi connectivity index (χ0v) is 7.62. The van der Waals surface area contributed by atoms with Crippen LogP contribution in [-0.2, 0) is 19.0 Å². The Morgan fingerprint density at radius 2 is 2.00 bits per heavy atom. The van der Waals surface area contributed by atoms with Crippen LogP contribution in [0.25, 0.3) is 0 Å². The van der Waals surface area contributed by atoms with Crippen LogP contribution in [0.15, 0.2) is 0 Å². The van der Waals surface area contributed by atoms with Gasteiger partial charge in [-0.05, 0) is 13.8 Å². The topological polar surface area (TPSA) is 44.8 Å². The smallest absolute Gasteiger partial charge is 0.316 e. The Kier molecular flexibility index (Phi) is 2.69. The highest BCUT2D eigenvalue weighted by molar-refractivity contribution is 5.76. The van der Waals surface area contributed by atoms with Gasteiger partial charge in [0.05, 0.1) is 20.3 Å². The van der Waals surface area contributed by atoms with Crippen molar-refractivity contribution in [1.29, 1.82) is 0 Å². The molecule has 4 nitrogen and oxygen atoms in total. The van der Waals surface area contributed by atoms with Gasteiger partial charge in [0.2, 0.25) is 0 Å². The summed E-state index contributed by atoms with van der Waals surface area (Å²) in [6, 6.07) is 0. The maximum Gasteiger partial charge on any atom is 0.316 e. The van der Waals surface area contributed by atoms with Crippen LogP contribution in [-0.4, -0.2) is 32.6 Å². The Bertz CT molecular complexity index is 170. The van der Waals surface area contributed by atoms with Gasteiger partial charge in [-0.3, -0.25) is 4.79 Å². The third-order valence-electron chi connectivity index (χ3n) is 1.95. The maximum atomic E-state index is 11.2. The third-order valence-corrected chi connectivity index (χ3v) is 1.95. The van der Waals surface area contributed by atoms with E-state index in [9.17, 15) is 4.79 Å². The maximum absolute atomic E-state index is 11.2. The fraction of sp³-hybridized carbons (Fsp3) is 0.875. The van der Waals surface area contributed by atoms with Crippen LogP contribution < -0.4 is 0 Å². The van der Waals surface area contributed by atoms with Crippen LogP contribution in [0.1, 0.15) is 13.8 Å². The van der Waals surface area contributed by atoms with E-state index in [0.29, 0.717) is 13.2 Å². The van der Waals surface area contributed by atoms with E-state index in [2.05, 4.69) is 4.74 Å². The Morgan fingerprint density at radius 1 is 1.50 bits per heavy atom. The Hall–Kier alpha value is -0.610. The molecular formula is C8H14O4. The van der Waals surface area contributed by atoms with Gasteiger partial charge in [-0.15, -0.1) is 0 Å². The van der Waals surface area contributed by atoms with Gasteiger partial charge in [0.15, 0.2) is 6.29 Å². The Morgan fingerprint density at radius 3 is 2.42 bits per heavy atom. The van der Waals surface area contributed by atoms with Gasteiger partial charge in [-0.25, -0.2) is 0 Å². The van der Waals surface area contributed by atoms with Crippen molar-refractivity contribution in [3.63, 3.8) is 0 Å². The lowest BCUT2D eigenvalue weighted by molar-refractivity contribution is -0.224. The van der Waals surface area contributed by atoms with E-state index in [4.69, 9.17) is 9.47 Å². The van der Waals surface area contributed by atoms with Crippen molar-refractivity contribution in [2.75, 3.05) is 20.3 Å². The second-order valence-electron chi connectivity index (χ2n) is 3.24. The summed E-state index contributed by atoms with van der Waals surface area (Å²) in [4.78, 5) is 11.2. The minimum Gasteiger partial charge on any atom is -0.468 e. The quantitative estimate of drug-likeness (QED) is 0.545. The molecule has 1 heterocycles. The summed E-state index contributed by atoms with van der Waals surface area (Å²) in [5.74, 6) is -0.283. The average molecular weight is 174 g/mol. The van der Waals surface area contributed by atoms with Crippen molar-refractivity contribution in [1.82, 2.24) is 0 Å². The lowest BCUT2D eigenvalue weighted by Gasteiger charge is -2.33. The van der Waals surface area contributed by atoms with E-state index in [1.165, 1.54) is 7.11 Å². The van der Waals surface area contributed by atoms with Crippen molar-refractivity contribution >= 4 is 5.97 Å². The number of rotatable bonds is 1. The van der Waals surface area contributed by atoms with Crippen molar-refractivity contribution in [3.8, 4) is 0 Å². The van der Waals surface area contributed by atoms with Gasteiger partial charge < -0.3 is 14.2 Å². The summed E-state index contributed by atoms with van der Waals surface area (Å²) < 4.78 is 15.0. The van der Waals surface area contributed by atoms with Crippen molar-refractivity contribution in [3.05, 3.63) is 0 Å². The fourth-order valence-electron chi connectivity index (χ4n) is 1.06. The zero-order chi connectivity index (χ0) is 9.19. The predicted molar refractivity (Wildman–Crippen MR) is 41.5 cm³/mol. The number of carbonyl (C=O) groups excluding carboxylic acids is 1. The highest BCUT2D eigenvalue weighted by Gasteiger charge is 2.39. The van der Waals surface area contributed by atoms with Crippen LogP contribution in [0.4, 0.5) is 0 Å². The van der Waals surface area contributed by atoms with Gasteiger partial charge in [0.25, 0.3) is 0 Å². The molecule has 1 rings (SSSR count). The minimum absolute atomic E-state index is 0.220. The SMILES string of the molecule is COC(=O)C1(C)COC(C)OC1. The van der Waals surface area contributed by atoms with Crippen LogP contribution in [0.5, 0.6) is 0 Å². The van der Waals surface area contributed by atoms with Crippen molar-refractivity contribution < 1.29 is 19.0 Å². The highest BCUT2D eigenvalue weighted by Crippen LogP contribution is 2.24. The van der Waals surface area contributed by atoms with Crippen LogP contribution in [0.3, 0.4) is 0 Å². The molecule has 0 bridgehead atoms. The molecule has 1 saturated heterocycles. The second-order valence-corrected chi connectivity index (χ2v) is 3.24. The van der Waals surface area contributed by atoms with Gasteiger partial charge in [0.1, 0.15) is 5.41 Å². The normalized spacial score (nSPS) is 36.1. The minimum atomic E-state index is -0.638. The van der Waals surface area contributed by atoms with Crippen molar-refractivity contribution in [2.45, 2.75) is 20.1 Å². The first-order chi connectivity index (χ1) is 5.58. The predicted octanol–water partition coefficient (Wildman–Crippen LogP) is 0.558. The summed E-state index contributed by atoms with van der Waals surface area (Å²) >= 11 is 0. The molecule has 0 spiro atoms. The van der Waals surface area contributed by atoms with Gasteiger partial charge in [0, 0.05) is 0 Å². The van der Waals surface area contributed by atoms with Gasteiger partial charge >= 0.3 is 5.97 Å². The molecule has 1 aliphatic heterocycles. The monoisotopic (exact) mass is 174 g/mol. The molecule has 1 fully saturated rings. The summed E-state index contributed by atoms with van der Waals surface area (Å²) in [6.07, 6.45) is -0.220. The molecule has 70 valence electrons. The molecule has 0 amide bonds. The molecule has 0 N–H and O–H groups in total. The molecule has 12 heavy (non-hydrogen) atoms. The fourth-order valence-corrected chi connectivity index (χ4v) is 1.06. The molecular weight excluding hydrogens is 160 g/mol. The molecule has 0 aromatic carbocycles. The molecule has 0 aromatic rings. The zero-order valence-electron chi connectivity index (χ0n) is 7.62. The first-order valence-corrected chi connectivity index (χ1v) is 3.90. The average Bonchev–Trinajstić information content (AvgIpc) is 2.09. The number of esters is 1. The molecule has 0 aromatic heterocycles. The second kappa shape index (κ2) is 3.41. The van der Waals surface area contributed by atoms with Crippen LogP contribution in [0, 0.1) is 5.41 Å². The highest BCUT2D eigenvalue weighted by atomic mass is 16.7. The molecule has 0 atom stereocenters. The third kappa shape index (κ3) is 1.76. The lowest BCUT2D eigenvalue weighted by Crippen LogP contribution is -2.44. The molecule has 0 aliphatic carbocycles. The number of ether oxygens (including phenoxy) is 3. The first kappa shape index (κ1) is 9.48. The molecule has 0 radical (unpaired) electrons. The summed E-state index contributed by atoms with van der Waals surface area (Å²) in [7, 11) is 1.37. The van der Waals surface area contributed by atoms with Crippen molar-refractivity contribution in [2.24, 2.45) is 5.41 Å². The van der Waals surface area contributed by atoms with Crippen LogP contribution in [0.2, 0.25) is 0 Å². The number of carbonyl (C=O) groups is 1. The number of hydrogen-bond acceptors (Lipinski definition) is 4. The van der Waals surface area contributed by atoms with Gasteiger partial charge in [-0.2, -0.15) is 0 Å². The summed E-state index contributed by atoms with van der Waals surface area (Å²) in [6.45, 7) is 4.29. The number of hydrogen-bond donors (Lipinski definition) is 0.